The van der Waals surface area contributed by atoms with Gasteiger partial charge < -0.3 is 15.5 Å². The molecule has 0 aliphatic carbocycles. The minimum Gasteiger partial charge on any atom is -0.368 e. The molecule has 1 atom stereocenters. The van der Waals surface area contributed by atoms with Crippen molar-refractivity contribution in [1.82, 2.24) is 9.80 Å². The van der Waals surface area contributed by atoms with Crippen molar-refractivity contribution in [3.8, 4) is 0 Å². The number of para-hydroxylation sites is 1. The monoisotopic (exact) mass is 344 g/mol. The van der Waals surface area contributed by atoms with Gasteiger partial charge in [0.1, 0.15) is 0 Å². The lowest BCUT2D eigenvalue weighted by molar-refractivity contribution is -0.132. The fraction of sp³-hybridized carbons (Fsp3) is 0.579. The van der Waals surface area contributed by atoms with Gasteiger partial charge in [-0.15, -0.1) is 0 Å². The molecular formula is C19H28N4O2. The van der Waals surface area contributed by atoms with Crippen molar-refractivity contribution in [1.29, 1.82) is 0 Å². The number of likely N-dealkylation sites (N-methyl/N-ethyl adjacent to an activating group) is 1. The number of rotatable bonds is 5. The van der Waals surface area contributed by atoms with E-state index in [0.717, 1.165) is 51.0 Å². The van der Waals surface area contributed by atoms with Gasteiger partial charge in [0.05, 0.1) is 12.6 Å². The van der Waals surface area contributed by atoms with Crippen LogP contribution in [0.25, 0.3) is 0 Å². The van der Waals surface area contributed by atoms with Crippen LogP contribution in [0.3, 0.4) is 0 Å². The van der Waals surface area contributed by atoms with Crippen molar-refractivity contribution in [2.24, 2.45) is 5.73 Å². The number of piperidine rings is 1. The Hall–Kier alpha value is -2.08. The average Bonchev–Trinajstić information content (AvgIpc) is 3.12. The molecule has 2 aliphatic heterocycles. The van der Waals surface area contributed by atoms with Gasteiger partial charge in [0.25, 0.3) is 0 Å². The van der Waals surface area contributed by atoms with E-state index in [-0.39, 0.29) is 17.9 Å². The summed E-state index contributed by atoms with van der Waals surface area (Å²) in [7, 11) is 1.95. The average molecular weight is 344 g/mol. The van der Waals surface area contributed by atoms with Gasteiger partial charge in [0.15, 0.2) is 0 Å². The first kappa shape index (κ1) is 17.7. The maximum Gasteiger partial charge on any atom is 0.242 e. The van der Waals surface area contributed by atoms with Gasteiger partial charge in [-0.1, -0.05) is 18.2 Å². The summed E-state index contributed by atoms with van der Waals surface area (Å²) in [6.45, 7) is 2.85. The highest BCUT2D eigenvalue weighted by Gasteiger charge is 2.36. The minimum atomic E-state index is -0.208. The van der Waals surface area contributed by atoms with Crippen LogP contribution in [-0.2, 0) is 9.59 Å². The summed E-state index contributed by atoms with van der Waals surface area (Å²) in [4.78, 5) is 30.4. The Morgan fingerprint density at radius 2 is 1.80 bits per heavy atom. The molecular weight excluding hydrogens is 316 g/mol. The lowest BCUT2D eigenvalue weighted by Gasteiger charge is -2.39. The molecule has 0 aromatic heterocycles. The minimum absolute atomic E-state index is 0.114. The third kappa shape index (κ3) is 4.12. The number of carbonyl (C=O) groups is 2. The summed E-state index contributed by atoms with van der Waals surface area (Å²) in [5.41, 5.74) is 6.58. The zero-order valence-electron chi connectivity index (χ0n) is 14.9. The van der Waals surface area contributed by atoms with E-state index in [1.807, 2.05) is 47.2 Å². The predicted molar refractivity (Wildman–Crippen MR) is 98.2 cm³/mol. The van der Waals surface area contributed by atoms with Crippen molar-refractivity contribution < 1.29 is 9.59 Å². The first-order valence-corrected chi connectivity index (χ1v) is 9.15. The lowest BCUT2D eigenvalue weighted by atomic mass is 10.0. The quantitative estimate of drug-likeness (QED) is 0.867. The highest BCUT2D eigenvalue weighted by Crippen LogP contribution is 2.26. The van der Waals surface area contributed by atoms with Gasteiger partial charge in [0.2, 0.25) is 11.8 Å². The van der Waals surface area contributed by atoms with Gasteiger partial charge in [-0.3, -0.25) is 14.5 Å². The second-order valence-corrected chi connectivity index (χ2v) is 7.10. The van der Waals surface area contributed by atoms with Crippen LogP contribution >= 0.6 is 0 Å². The van der Waals surface area contributed by atoms with Crippen molar-refractivity contribution in [2.75, 3.05) is 38.1 Å². The molecule has 3 rings (SSSR count). The SMILES string of the molecule is CN(CC(=O)N1CCC(N2CCC[C@@H]2C(N)=O)CC1)c1ccccc1. The Labute approximate surface area is 149 Å². The van der Waals surface area contributed by atoms with Gasteiger partial charge in [-0.05, 0) is 44.4 Å². The Bertz CT molecular complexity index is 599. The van der Waals surface area contributed by atoms with Crippen molar-refractivity contribution in [3.05, 3.63) is 30.3 Å². The van der Waals surface area contributed by atoms with Gasteiger partial charge in [-0.2, -0.15) is 0 Å². The van der Waals surface area contributed by atoms with E-state index in [9.17, 15) is 9.59 Å². The molecule has 2 heterocycles. The number of carbonyl (C=O) groups excluding carboxylic acids is 2. The maximum atomic E-state index is 12.6. The molecule has 6 heteroatoms. The summed E-state index contributed by atoms with van der Waals surface area (Å²) in [5.74, 6) is -0.0434. The third-order valence-electron chi connectivity index (χ3n) is 5.48. The molecule has 0 unspecified atom stereocenters. The topological polar surface area (TPSA) is 69.9 Å². The normalized spacial score (nSPS) is 22.1. The van der Waals surface area contributed by atoms with Crippen LogP contribution in [0.2, 0.25) is 0 Å². The first-order valence-electron chi connectivity index (χ1n) is 9.15. The number of likely N-dealkylation sites (tertiary alicyclic amines) is 2. The number of nitrogens with two attached hydrogens (primary N) is 1. The van der Waals surface area contributed by atoms with Crippen molar-refractivity contribution in [2.45, 2.75) is 37.8 Å². The molecule has 25 heavy (non-hydrogen) atoms. The van der Waals surface area contributed by atoms with Crippen LogP contribution < -0.4 is 10.6 Å². The van der Waals surface area contributed by atoms with Crippen LogP contribution in [0.5, 0.6) is 0 Å². The van der Waals surface area contributed by atoms with E-state index < -0.39 is 0 Å². The highest BCUT2D eigenvalue weighted by atomic mass is 16.2. The molecule has 2 fully saturated rings. The first-order chi connectivity index (χ1) is 12.1. The second-order valence-electron chi connectivity index (χ2n) is 7.10. The molecule has 136 valence electrons. The second kappa shape index (κ2) is 7.87. The Morgan fingerprint density at radius 3 is 2.44 bits per heavy atom. The van der Waals surface area contributed by atoms with E-state index in [0.29, 0.717) is 12.6 Å². The summed E-state index contributed by atoms with van der Waals surface area (Å²) >= 11 is 0. The fourth-order valence-electron chi connectivity index (χ4n) is 4.06. The summed E-state index contributed by atoms with van der Waals surface area (Å²) in [6.07, 6.45) is 3.75. The number of hydrogen-bond acceptors (Lipinski definition) is 4. The fourth-order valence-corrected chi connectivity index (χ4v) is 4.06. The largest absolute Gasteiger partial charge is 0.368 e. The predicted octanol–water partition coefficient (Wildman–Crippen LogP) is 1.06. The maximum absolute atomic E-state index is 12.6. The zero-order valence-corrected chi connectivity index (χ0v) is 14.9. The van der Waals surface area contributed by atoms with Gasteiger partial charge in [-0.25, -0.2) is 0 Å². The lowest BCUT2D eigenvalue weighted by Crippen LogP contribution is -2.52. The number of primary amides is 1. The number of benzene rings is 1. The number of hydrogen-bond donors (Lipinski definition) is 1. The number of anilines is 1. The molecule has 1 aromatic carbocycles. The Balaban J connectivity index is 1.50. The van der Waals surface area contributed by atoms with Crippen LogP contribution in [0.15, 0.2) is 30.3 Å². The molecule has 2 saturated heterocycles. The molecule has 0 spiro atoms. The zero-order chi connectivity index (χ0) is 17.8. The van der Waals surface area contributed by atoms with Crippen molar-refractivity contribution >= 4 is 17.5 Å². The molecule has 0 bridgehead atoms. The summed E-state index contributed by atoms with van der Waals surface area (Å²) in [5, 5.41) is 0. The summed E-state index contributed by atoms with van der Waals surface area (Å²) in [6, 6.07) is 10.2. The van der Waals surface area contributed by atoms with E-state index in [1.165, 1.54) is 0 Å². The molecule has 2 N–H and O–H groups in total. The smallest absolute Gasteiger partial charge is 0.242 e. The molecule has 0 saturated carbocycles. The van der Waals surface area contributed by atoms with Crippen LogP contribution in [-0.4, -0.2) is 66.9 Å². The highest BCUT2D eigenvalue weighted by molar-refractivity contribution is 5.81. The number of amides is 2. The van der Waals surface area contributed by atoms with E-state index in [1.54, 1.807) is 0 Å². The Morgan fingerprint density at radius 1 is 1.12 bits per heavy atom. The van der Waals surface area contributed by atoms with Crippen LogP contribution in [0.4, 0.5) is 5.69 Å². The van der Waals surface area contributed by atoms with Crippen molar-refractivity contribution in [3.63, 3.8) is 0 Å². The molecule has 2 aliphatic rings. The standard InChI is InChI=1S/C19H28N4O2/c1-21(15-6-3-2-4-7-15)14-18(24)22-12-9-16(10-13-22)23-11-5-8-17(23)19(20)25/h2-4,6-7,16-17H,5,8-14H2,1H3,(H2,20,25)/t17-/m1/s1. The van der Waals surface area contributed by atoms with Crippen LogP contribution in [0, 0.1) is 0 Å². The number of nitrogens with zero attached hydrogens (tertiary/aromatic N) is 3. The van der Waals surface area contributed by atoms with E-state index in [2.05, 4.69) is 4.90 Å². The van der Waals surface area contributed by atoms with Gasteiger partial charge >= 0.3 is 0 Å². The van der Waals surface area contributed by atoms with E-state index >= 15 is 0 Å². The summed E-state index contributed by atoms with van der Waals surface area (Å²) < 4.78 is 0. The van der Waals surface area contributed by atoms with Gasteiger partial charge in [0, 0.05) is 31.9 Å². The molecule has 1 aromatic rings. The molecule has 0 radical (unpaired) electrons. The molecule has 2 amide bonds. The van der Waals surface area contributed by atoms with E-state index in [4.69, 9.17) is 5.73 Å². The Kier molecular flexibility index (Phi) is 5.58. The molecule has 6 nitrogen and oxygen atoms in total. The van der Waals surface area contributed by atoms with Crippen LogP contribution in [0.1, 0.15) is 25.7 Å². The third-order valence-corrected chi connectivity index (χ3v) is 5.48.